The first-order valence-corrected chi connectivity index (χ1v) is 11.4. The second kappa shape index (κ2) is 8.43. The van der Waals surface area contributed by atoms with E-state index in [2.05, 4.69) is 43.4 Å². The zero-order valence-electron chi connectivity index (χ0n) is 19.0. The van der Waals surface area contributed by atoms with Gasteiger partial charge in [-0.25, -0.2) is 0 Å². The fourth-order valence-corrected chi connectivity index (χ4v) is 4.84. The van der Waals surface area contributed by atoms with Crippen LogP contribution in [-0.4, -0.2) is 39.8 Å². The maximum Gasteiger partial charge on any atom is 0.257 e. The lowest BCUT2D eigenvalue weighted by molar-refractivity contribution is 0.0425. The molecule has 32 heavy (non-hydrogen) atoms. The topological polar surface area (TPSA) is 59.4 Å². The molecule has 1 N–H and O–H groups in total. The SMILES string of the molecule is Cc1ccc(Cn2nc(C)c([C@@H]3Nc4ccccc4C(=O)N3C[C@@H]3CCCO3)c2C)cc1. The van der Waals surface area contributed by atoms with Crippen LogP contribution in [0.3, 0.4) is 0 Å². The van der Waals surface area contributed by atoms with Gasteiger partial charge in [0.05, 0.1) is 23.9 Å². The van der Waals surface area contributed by atoms with Crippen LogP contribution in [0.1, 0.15) is 57.4 Å². The lowest BCUT2D eigenvalue weighted by atomic mass is 10.0. The minimum absolute atomic E-state index is 0.0462. The van der Waals surface area contributed by atoms with Gasteiger partial charge in [-0.05, 0) is 51.3 Å². The molecule has 1 amide bonds. The van der Waals surface area contributed by atoms with Gasteiger partial charge in [0.25, 0.3) is 5.91 Å². The second-order valence-electron chi connectivity index (χ2n) is 8.91. The number of rotatable bonds is 5. The number of anilines is 1. The molecule has 0 radical (unpaired) electrons. The Balaban J connectivity index is 1.51. The van der Waals surface area contributed by atoms with Crippen molar-refractivity contribution in [3.8, 4) is 0 Å². The Morgan fingerprint density at radius 2 is 1.88 bits per heavy atom. The maximum absolute atomic E-state index is 13.5. The van der Waals surface area contributed by atoms with E-state index in [1.807, 2.05) is 40.8 Å². The van der Waals surface area contributed by atoms with Crippen molar-refractivity contribution in [2.75, 3.05) is 18.5 Å². The fourth-order valence-electron chi connectivity index (χ4n) is 4.84. The molecular weight excluding hydrogens is 400 g/mol. The van der Waals surface area contributed by atoms with Crippen LogP contribution < -0.4 is 5.32 Å². The summed E-state index contributed by atoms with van der Waals surface area (Å²) in [7, 11) is 0. The molecule has 2 aromatic carbocycles. The third kappa shape index (κ3) is 3.79. The average Bonchev–Trinajstić information content (AvgIpc) is 3.40. The van der Waals surface area contributed by atoms with Gasteiger partial charge in [-0.1, -0.05) is 42.0 Å². The molecular formula is C26H30N4O2. The van der Waals surface area contributed by atoms with Gasteiger partial charge in [-0.2, -0.15) is 5.10 Å². The van der Waals surface area contributed by atoms with Crippen LogP contribution in [-0.2, 0) is 11.3 Å². The number of aryl methyl sites for hydroxylation is 2. The molecule has 0 saturated carbocycles. The summed E-state index contributed by atoms with van der Waals surface area (Å²) >= 11 is 0. The van der Waals surface area contributed by atoms with E-state index >= 15 is 0 Å². The number of amides is 1. The molecule has 1 aromatic heterocycles. The van der Waals surface area contributed by atoms with Crippen LogP contribution in [0, 0.1) is 20.8 Å². The van der Waals surface area contributed by atoms with Crippen molar-refractivity contribution in [3.63, 3.8) is 0 Å². The molecule has 2 aliphatic heterocycles. The Morgan fingerprint density at radius 3 is 2.62 bits per heavy atom. The number of fused-ring (bicyclic) bond motifs is 1. The smallest absolute Gasteiger partial charge is 0.257 e. The monoisotopic (exact) mass is 430 g/mol. The first kappa shape index (κ1) is 20.8. The van der Waals surface area contributed by atoms with Crippen LogP contribution in [0.15, 0.2) is 48.5 Å². The Labute approximate surface area is 189 Å². The van der Waals surface area contributed by atoms with E-state index in [1.54, 1.807) is 0 Å². The summed E-state index contributed by atoms with van der Waals surface area (Å²) in [5.41, 5.74) is 7.12. The predicted molar refractivity (Wildman–Crippen MR) is 125 cm³/mol. The molecule has 3 aromatic rings. The molecule has 2 aliphatic rings. The van der Waals surface area contributed by atoms with E-state index < -0.39 is 0 Å². The lowest BCUT2D eigenvalue weighted by Gasteiger charge is -2.39. The number of para-hydroxylation sites is 1. The third-order valence-electron chi connectivity index (χ3n) is 6.61. The first-order chi connectivity index (χ1) is 15.5. The molecule has 5 rings (SSSR count). The van der Waals surface area contributed by atoms with E-state index in [-0.39, 0.29) is 18.2 Å². The van der Waals surface area contributed by atoms with Crippen LogP contribution in [0.2, 0.25) is 0 Å². The van der Waals surface area contributed by atoms with Crippen molar-refractivity contribution in [1.29, 1.82) is 0 Å². The highest BCUT2D eigenvalue weighted by atomic mass is 16.5. The summed E-state index contributed by atoms with van der Waals surface area (Å²) < 4.78 is 7.94. The Morgan fingerprint density at radius 1 is 1.09 bits per heavy atom. The van der Waals surface area contributed by atoms with Gasteiger partial charge in [0.1, 0.15) is 6.17 Å². The predicted octanol–water partition coefficient (Wildman–Crippen LogP) is 4.60. The molecule has 3 heterocycles. The summed E-state index contributed by atoms with van der Waals surface area (Å²) in [6.45, 7) is 8.28. The van der Waals surface area contributed by atoms with Gasteiger partial charge in [0, 0.05) is 30.1 Å². The minimum Gasteiger partial charge on any atom is -0.376 e. The number of hydrogen-bond acceptors (Lipinski definition) is 4. The summed E-state index contributed by atoms with van der Waals surface area (Å²) in [6, 6.07) is 16.3. The maximum atomic E-state index is 13.5. The van der Waals surface area contributed by atoms with Crippen molar-refractivity contribution in [1.82, 2.24) is 14.7 Å². The number of carbonyl (C=O) groups excluding carboxylic acids is 1. The second-order valence-corrected chi connectivity index (χ2v) is 8.91. The van der Waals surface area contributed by atoms with Gasteiger partial charge in [-0.3, -0.25) is 9.48 Å². The highest BCUT2D eigenvalue weighted by Crippen LogP contribution is 2.36. The largest absolute Gasteiger partial charge is 0.376 e. The standard InChI is InChI=1S/C26H30N4O2/c1-17-10-12-20(13-11-17)15-30-19(3)24(18(2)28-30)25-27-23-9-5-4-8-22(23)26(31)29(25)16-21-7-6-14-32-21/h4-5,8-13,21,25,27H,6-7,14-16H2,1-3H3/t21-,25+/m0/s1. The summed E-state index contributed by atoms with van der Waals surface area (Å²) in [5, 5.41) is 8.49. The molecule has 2 atom stereocenters. The highest BCUT2D eigenvalue weighted by molar-refractivity contribution is 6.01. The van der Waals surface area contributed by atoms with E-state index in [9.17, 15) is 4.79 Å². The molecule has 6 heteroatoms. The van der Waals surface area contributed by atoms with Crippen molar-refractivity contribution in [3.05, 3.63) is 82.2 Å². The number of benzene rings is 2. The van der Waals surface area contributed by atoms with Gasteiger partial charge >= 0.3 is 0 Å². The quantitative estimate of drug-likeness (QED) is 0.643. The van der Waals surface area contributed by atoms with Crippen LogP contribution in [0.5, 0.6) is 0 Å². The summed E-state index contributed by atoms with van der Waals surface area (Å²) in [6.07, 6.45) is 1.85. The number of carbonyl (C=O) groups is 1. The minimum atomic E-state index is -0.270. The molecule has 0 spiro atoms. The van der Waals surface area contributed by atoms with E-state index in [4.69, 9.17) is 9.84 Å². The zero-order valence-corrected chi connectivity index (χ0v) is 19.0. The number of ether oxygens (including phenoxy) is 1. The highest BCUT2D eigenvalue weighted by Gasteiger charge is 2.37. The molecule has 166 valence electrons. The van der Waals surface area contributed by atoms with E-state index in [0.29, 0.717) is 18.7 Å². The zero-order chi connectivity index (χ0) is 22.2. The Kier molecular flexibility index (Phi) is 5.47. The first-order valence-electron chi connectivity index (χ1n) is 11.4. The van der Waals surface area contributed by atoms with Crippen LogP contribution in [0.25, 0.3) is 0 Å². The molecule has 0 aliphatic carbocycles. The van der Waals surface area contributed by atoms with Crippen molar-refractivity contribution in [2.45, 2.75) is 52.4 Å². The van der Waals surface area contributed by atoms with E-state index in [0.717, 1.165) is 42.1 Å². The molecule has 1 saturated heterocycles. The Hall–Kier alpha value is -3.12. The Bertz CT molecular complexity index is 1130. The van der Waals surface area contributed by atoms with Crippen LogP contribution >= 0.6 is 0 Å². The van der Waals surface area contributed by atoms with Gasteiger partial charge in [-0.15, -0.1) is 0 Å². The molecule has 0 unspecified atom stereocenters. The number of nitrogens with zero attached hydrogens (tertiary/aromatic N) is 3. The van der Waals surface area contributed by atoms with Crippen LogP contribution in [0.4, 0.5) is 5.69 Å². The van der Waals surface area contributed by atoms with Gasteiger partial charge in [0.2, 0.25) is 0 Å². The average molecular weight is 431 g/mol. The van der Waals surface area contributed by atoms with E-state index in [1.165, 1.54) is 11.1 Å². The molecule has 6 nitrogen and oxygen atoms in total. The normalized spacial score (nSPS) is 20.3. The third-order valence-corrected chi connectivity index (χ3v) is 6.61. The summed E-state index contributed by atoms with van der Waals surface area (Å²) in [4.78, 5) is 15.5. The molecule has 1 fully saturated rings. The lowest BCUT2D eigenvalue weighted by Crippen LogP contribution is -2.46. The fraction of sp³-hybridized carbons (Fsp3) is 0.385. The number of nitrogens with one attached hydrogen (secondary N) is 1. The summed E-state index contributed by atoms with van der Waals surface area (Å²) in [5.74, 6) is 0.0462. The van der Waals surface area contributed by atoms with Crippen molar-refractivity contribution < 1.29 is 9.53 Å². The van der Waals surface area contributed by atoms with Gasteiger partial charge in [0.15, 0.2) is 0 Å². The molecule has 0 bridgehead atoms. The van der Waals surface area contributed by atoms with Crippen molar-refractivity contribution >= 4 is 11.6 Å². The van der Waals surface area contributed by atoms with Gasteiger partial charge < -0.3 is 15.0 Å². The number of aromatic nitrogens is 2. The van der Waals surface area contributed by atoms with Crippen molar-refractivity contribution in [2.24, 2.45) is 0 Å². The number of hydrogen-bond donors (Lipinski definition) is 1.